The van der Waals surface area contributed by atoms with E-state index in [1.165, 1.54) is 6.07 Å². The Morgan fingerprint density at radius 1 is 1.23 bits per heavy atom. The van der Waals surface area contributed by atoms with Crippen molar-refractivity contribution in [2.24, 2.45) is 0 Å². The van der Waals surface area contributed by atoms with Crippen LogP contribution >= 0.6 is 15.9 Å². The molecule has 2 nitrogen and oxygen atoms in total. The Morgan fingerprint density at radius 3 is 2.18 bits per heavy atom. The van der Waals surface area contributed by atoms with E-state index in [4.69, 9.17) is 4.43 Å². The number of carbonyl (C=O) groups is 1. The minimum absolute atomic E-state index is 0.00855. The number of aldehydes is 1. The van der Waals surface area contributed by atoms with Crippen LogP contribution < -0.4 is 0 Å². The van der Waals surface area contributed by atoms with E-state index in [1.807, 2.05) is 13.1 Å². The van der Waals surface area contributed by atoms with Crippen LogP contribution in [0.5, 0.6) is 0 Å². The van der Waals surface area contributed by atoms with Gasteiger partial charge in [-0.25, -0.2) is 0 Å². The lowest BCUT2D eigenvalue weighted by molar-refractivity contribution is -0.138. The summed E-state index contributed by atoms with van der Waals surface area (Å²) in [5.74, 6) is 0. The van der Waals surface area contributed by atoms with Gasteiger partial charge in [0.05, 0.1) is 12.2 Å². The van der Waals surface area contributed by atoms with E-state index < -0.39 is 20.1 Å². The third-order valence-corrected chi connectivity index (χ3v) is 9.19. The molecule has 0 fully saturated rings. The van der Waals surface area contributed by atoms with Crippen molar-refractivity contribution in [2.45, 2.75) is 51.7 Å². The van der Waals surface area contributed by atoms with Crippen LogP contribution in [0.3, 0.4) is 0 Å². The third kappa shape index (κ3) is 4.42. The zero-order chi connectivity index (χ0) is 17.3. The molecule has 0 aromatic heterocycles. The molecular weight excluding hydrogens is 377 g/mol. The van der Waals surface area contributed by atoms with Gasteiger partial charge in [-0.15, -0.1) is 0 Å². The molecule has 124 valence electrons. The van der Waals surface area contributed by atoms with Crippen molar-refractivity contribution in [2.75, 3.05) is 0 Å². The first-order valence-corrected chi connectivity index (χ1v) is 10.5. The van der Waals surface area contributed by atoms with Gasteiger partial charge in [0.1, 0.15) is 6.29 Å². The van der Waals surface area contributed by atoms with Crippen molar-refractivity contribution in [1.29, 1.82) is 0 Å². The molecule has 1 aromatic rings. The molecule has 22 heavy (non-hydrogen) atoms. The molecule has 0 aliphatic rings. The van der Waals surface area contributed by atoms with Crippen LogP contribution in [0.4, 0.5) is 13.2 Å². The van der Waals surface area contributed by atoms with Crippen molar-refractivity contribution >= 4 is 30.5 Å². The van der Waals surface area contributed by atoms with Gasteiger partial charge in [-0.05, 0) is 35.8 Å². The maximum absolute atomic E-state index is 12.9. The highest BCUT2D eigenvalue weighted by molar-refractivity contribution is 9.10. The standard InChI is InChI=1S/C15H20BrF3O2Si/c1-14(2,3)22(4,5)21-9-11-7-13(16)12(15(17,18)19)6-10(11)8-20/h6-8H,9H2,1-5H3. The monoisotopic (exact) mass is 396 g/mol. The largest absolute Gasteiger partial charge is 0.417 e. The molecule has 0 bridgehead atoms. The van der Waals surface area contributed by atoms with Crippen LogP contribution in [0.15, 0.2) is 16.6 Å². The van der Waals surface area contributed by atoms with E-state index in [0.717, 1.165) is 6.07 Å². The summed E-state index contributed by atoms with van der Waals surface area (Å²) in [6.07, 6.45) is -4.07. The predicted octanol–water partition coefficient (Wildman–Crippen LogP) is 5.80. The molecular formula is C15H20BrF3O2Si. The number of halogens is 4. The Morgan fingerprint density at radius 2 is 1.77 bits per heavy atom. The Labute approximate surface area is 138 Å². The molecule has 0 unspecified atom stereocenters. The van der Waals surface area contributed by atoms with Crippen molar-refractivity contribution < 1.29 is 22.4 Å². The topological polar surface area (TPSA) is 26.3 Å². The summed E-state index contributed by atoms with van der Waals surface area (Å²) in [5, 5.41) is -0.0164. The van der Waals surface area contributed by atoms with Crippen LogP contribution in [0.25, 0.3) is 0 Å². The first-order chi connectivity index (χ1) is 9.79. The fourth-order valence-corrected chi connectivity index (χ4v) is 3.12. The molecule has 0 heterocycles. The van der Waals surface area contributed by atoms with Gasteiger partial charge in [0, 0.05) is 10.0 Å². The lowest BCUT2D eigenvalue weighted by Crippen LogP contribution is -2.40. The second kappa shape index (κ2) is 6.45. The molecule has 0 radical (unpaired) electrons. The fraction of sp³-hybridized carbons (Fsp3) is 0.533. The summed E-state index contributed by atoms with van der Waals surface area (Å²) in [6, 6.07) is 2.18. The third-order valence-electron chi connectivity index (χ3n) is 4.06. The van der Waals surface area contributed by atoms with Gasteiger partial charge in [-0.1, -0.05) is 36.7 Å². The van der Waals surface area contributed by atoms with E-state index in [9.17, 15) is 18.0 Å². The quantitative estimate of drug-likeness (QED) is 0.474. The molecule has 0 saturated carbocycles. The number of benzene rings is 1. The lowest BCUT2D eigenvalue weighted by Gasteiger charge is -2.36. The predicted molar refractivity (Wildman–Crippen MR) is 86.5 cm³/mol. The lowest BCUT2D eigenvalue weighted by atomic mass is 10.1. The molecule has 1 rings (SSSR count). The molecule has 0 saturated heterocycles. The molecule has 0 aliphatic carbocycles. The Hall–Kier alpha value is -0.663. The van der Waals surface area contributed by atoms with Gasteiger partial charge in [-0.3, -0.25) is 4.79 Å². The number of alkyl halides is 3. The minimum atomic E-state index is -4.50. The summed E-state index contributed by atoms with van der Waals surface area (Å²) in [6.45, 7) is 10.4. The van der Waals surface area contributed by atoms with Gasteiger partial charge >= 0.3 is 6.18 Å². The van der Waals surface area contributed by atoms with E-state index in [2.05, 4.69) is 36.7 Å². The number of carbonyl (C=O) groups excluding carboxylic acids is 1. The van der Waals surface area contributed by atoms with Crippen LogP contribution in [0, 0.1) is 0 Å². The SMILES string of the molecule is CC(C)(C)[Si](C)(C)OCc1cc(Br)c(C(F)(F)F)cc1C=O. The van der Waals surface area contributed by atoms with Gasteiger partial charge in [0.2, 0.25) is 0 Å². The van der Waals surface area contributed by atoms with Crippen LogP contribution in [0.2, 0.25) is 18.1 Å². The van der Waals surface area contributed by atoms with Gasteiger partial charge < -0.3 is 4.43 Å². The van der Waals surface area contributed by atoms with E-state index in [1.54, 1.807) is 0 Å². The van der Waals surface area contributed by atoms with Crippen molar-refractivity contribution in [3.63, 3.8) is 0 Å². The van der Waals surface area contributed by atoms with Crippen molar-refractivity contribution in [3.05, 3.63) is 33.3 Å². The summed E-state index contributed by atoms with van der Waals surface area (Å²) >= 11 is 2.93. The average Bonchev–Trinajstić information content (AvgIpc) is 2.33. The number of rotatable bonds is 4. The number of hydrogen-bond donors (Lipinski definition) is 0. The zero-order valence-corrected chi connectivity index (χ0v) is 15.9. The van der Waals surface area contributed by atoms with Gasteiger partial charge in [0.25, 0.3) is 0 Å². The molecule has 0 aliphatic heterocycles. The van der Waals surface area contributed by atoms with E-state index in [-0.39, 0.29) is 21.7 Å². The number of hydrogen-bond acceptors (Lipinski definition) is 2. The second-order valence-electron chi connectivity index (χ2n) is 6.70. The van der Waals surface area contributed by atoms with Crippen molar-refractivity contribution in [1.82, 2.24) is 0 Å². The summed E-state index contributed by atoms with van der Waals surface area (Å²) in [7, 11) is -2.04. The highest BCUT2D eigenvalue weighted by Crippen LogP contribution is 2.39. The molecule has 0 N–H and O–H groups in total. The Balaban J connectivity index is 3.12. The smallest absolute Gasteiger partial charge is 0.413 e. The first-order valence-electron chi connectivity index (χ1n) is 6.78. The van der Waals surface area contributed by atoms with Crippen LogP contribution in [-0.2, 0) is 17.2 Å². The molecule has 7 heteroatoms. The normalized spacial score (nSPS) is 13.3. The summed E-state index contributed by atoms with van der Waals surface area (Å²) in [4.78, 5) is 11.1. The van der Waals surface area contributed by atoms with E-state index in [0.29, 0.717) is 11.8 Å². The maximum atomic E-state index is 12.9. The maximum Gasteiger partial charge on any atom is 0.417 e. The van der Waals surface area contributed by atoms with Gasteiger partial charge in [0.15, 0.2) is 8.32 Å². The fourth-order valence-electron chi connectivity index (χ4n) is 1.56. The first kappa shape index (κ1) is 19.4. The molecule has 0 amide bonds. The highest BCUT2D eigenvalue weighted by atomic mass is 79.9. The van der Waals surface area contributed by atoms with E-state index >= 15 is 0 Å². The Bertz CT molecular complexity index is 563. The molecule has 0 spiro atoms. The minimum Gasteiger partial charge on any atom is -0.413 e. The zero-order valence-electron chi connectivity index (χ0n) is 13.3. The highest BCUT2D eigenvalue weighted by Gasteiger charge is 2.38. The second-order valence-corrected chi connectivity index (χ2v) is 12.4. The summed E-state index contributed by atoms with van der Waals surface area (Å²) < 4.78 is 44.5. The Kier molecular flexibility index (Phi) is 5.68. The van der Waals surface area contributed by atoms with Crippen LogP contribution in [-0.4, -0.2) is 14.6 Å². The molecule has 1 aromatic carbocycles. The summed E-state index contributed by atoms with van der Waals surface area (Å²) in [5.41, 5.74) is -0.389. The van der Waals surface area contributed by atoms with Crippen molar-refractivity contribution in [3.8, 4) is 0 Å². The van der Waals surface area contributed by atoms with Gasteiger partial charge in [-0.2, -0.15) is 13.2 Å². The molecule has 0 atom stereocenters. The average molecular weight is 397 g/mol. The van der Waals surface area contributed by atoms with Crippen LogP contribution in [0.1, 0.15) is 42.3 Å².